The summed E-state index contributed by atoms with van der Waals surface area (Å²) in [4.78, 5) is 19.8. The minimum atomic E-state index is -0.359. The smallest absolute Gasteiger partial charge is 0.244 e. The van der Waals surface area contributed by atoms with E-state index in [-0.39, 0.29) is 24.1 Å². The third-order valence-corrected chi connectivity index (χ3v) is 6.42. The molecule has 0 atom stereocenters. The third-order valence-electron chi connectivity index (χ3n) is 6.42. The van der Waals surface area contributed by atoms with Gasteiger partial charge in [-0.1, -0.05) is 32.0 Å². The number of carbonyl (C=O) groups is 1. The lowest BCUT2D eigenvalue weighted by molar-refractivity contribution is -0.132. The van der Waals surface area contributed by atoms with E-state index in [0.717, 1.165) is 6.42 Å². The molecule has 0 N–H and O–H groups in total. The fraction of sp³-hybridized carbons (Fsp3) is 0.250. The van der Waals surface area contributed by atoms with Gasteiger partial charge in [-0.25, -0.2) is 18.4 Å². The van der Waals surface area contributed by atoms with Gasteiger partial charge < -0.3 is 4.90 Å². The van der Waals surface area contributed by atoms with Crippen molar-refractivity contribution in [2.24, 2.45) is 0 Å². The first-order valence-corrected chi connectivity index (χ1v) is 11.7. The summed E-state index contributed by atoms with van der Waals surface area (Å²) in [5, 5.41) is 4.56. The molecule has 0 saturated heterocycles. The van der Waals surface area contributed by atoms with Gasteiger partial charge in [-0.05, 0) is 77.6 Å². The highest BCUT2D eigenvalue weighted by molar-refractivity contribution is 5.77. The first-order chi connectivity index (χ1) is 16.9. The molecule has 4 aromatic rings. The summed E-state index contributed by atoms with van der Waals surface area (Å²) in [6.07, 6.45) is 0.810. The van der Waals surface area contributed by atoms with Gasteiger partial charge in [0.25, 0.3) is 0 Å². The Hall–Kier alpha value is -3.87. The molecule has 0 aliphatic carbocycles. The molecule has 7 heteroatoms. The summed E-state index contributed by atoms with van der Waals surface area (Å²) in [6, 6.07) is 18.3. The molecular weight excluding hydrogens is 446 g/mol. The molecular formula is C28H26F2N4O. The van der Waals surface area contributed by atoms with Crippen LogP contribution in [0, 0.1) is 11.6 Å². The fourth-order valence-electron chi connectivity index (χ4n) is 4.36. The summed E-state index contributed by atoms with van der Waals surface area (Å²) in [5.74, 6) is 0.518. The number of hydrogen-bond acceptors (Lipinski definition) is 3. The maximum atomic E-state index is 13.5. The summed E-state index contributed by atoms with van der Waals surface area (Å²) in [6.45, 7) is 5.55. The molecule has 35 heavy (non-hydrogen) atoms. The van der Waals surface area contributed by atoms with E-state index in [9.17, 15) is 13.6 Å². The molecule has 0 radical (unpaired) electrons. The van der Waals surface area contributed by atoms with Crippen LogP contribution in [0.4, 0.5) is 8.78 Å². The standard InChI is InChI=1S/C28H26F2N4O/c1-18(2)21-3-4-23-16-33(14-13-22(23)15-21)26(35)17-34-28(20-7-11-25(30)12-8-20)31-27(32-34)19-5-9-24(29)10-6-19/h3-12,15,18H,13-14,16-17H2,1-2H3. The number of amides is 1. The summed E-state index contributed by atoms with van der Waals surface area (Å²) in [5.41, 5.74) is 5.05. The van der Waals surface area contributed by atoms with Crippen molar-refractivity contribution in [2.45, 2.75) is 39.3 Å². The largest absolute Gasteiger partial charge is 0.336 e. The molecule has 1 aliphatic rings. The van der Waals surface area contributed by atoms with Crippen LogP contribution in [0.5, 0.6) is 0 Å². The van der Waals surface area contributed by atoms with Crippen molar-refractivity contribution >= 4 is 5.91 Å². The second kappa shape index (κ2) is 9.41. The summed E-state index contributed by atoms with van der Waals surface area (Å²) < 4.78 is 28.5. The number of rotatable bonds is 5. The molecule has 178 valence electrons. The Labute approximate surface area is 203 Å². The van der Waals surface area contributed by atoms with E-state index in [1.165, 1.54) is 41.0 Å². The first kappa shape index (κ1) is 22.9. The van der Waals surface area contributed by atoms with Crippen LogP contribution in [0.15, 0.2) is 66.7 Å². The van der Waals surface area contributed by atoms with Gasteiger partial charge >= 0.3 is 0 Å². The number of hydrogen-bond donors (Lipinski definition) is 0. The second-order valence-electron chi connectivity index (χ2n) is 9.18. The van der Waals surface area contributed by atoms with Crippen molar-refractivity contribution in [3.63, 3.8) is 0 Å². The first-order valence-electron chi connectivity index (χ1n) is 11.7. The van der Waals surface area contributed by atoms with Crippen molar-refractivity contribution in [2.75, 3.05) is 6.54 Å². The van der Waals surface area contributed by atoms with Gasteiger partial charge in [0.1, 0.15) is 18.2 Å². The minimum Gasteiger partial charge on any atom is -0.336 e. The average molecular weight is 473 g/mol. The highest BCUT2D eigenvalue weighted by Crippen LogP contribution is 2.26. The van der Waals surface area contributed by atoms with Crippen LogP contribution >= 0.6 is 0 Å². The molecule has 5 rings (SSSR count). The van der Waals surface area contributed by atoms with E-state index in [1.807, 2.05) is 4.90 Å². The normalized spacial score (nSPS) is 13.2. The van der Waals surface area contributed by atoms with Crippen molar-refractivity contribution < 1.29 is 13.6 Å². The Morgan fingerprint density at radius 2 is 1.57 bits per heavy atom. The lowest BCUT2D eigenvalue weighted by atomic mass is 9.93. The van der Waals surface area contributed by atoms with Crippen molar-refractivity contribution in [1.29, 1.82) is 0 Å². The third kappa shape index (κ3) is 4.85. The molecule has 0 saturated carbocycles. The summed E-state index contributed by atoms with van der Waals surface area (Å²) >= 11 is 0. The topological polar surface area (TPSA) is 51.0 Å². The quantitative estimate of drug-likeness (QED) is 0.380. The van der Waals surface area contributed by atoms with Crippen LogP contribution in [0.3, 0.4) is 0 Å². The maximum Gasteiger partial charge on any atom is 0.244 e. The van der Waals surface area contributed by atoms with Crippen LogP contribution in [-0.4, -0.2) is 32.1 Å². The number of carbonyl (C=O) groups excluding carboxylic acids is 1. The molecule has 0 bridgehead atoms. The Morgan fingerprint density at radius 1 is 0.914 bits per heavy atom. The van der Waals surface area contributed by atoms with Crippen LogP contribution in [0.1, 0.15) is 36.5 Å². The van der Waals surface area contributed by atoms with Crippen molar-refractivity contribution in [1.82, 2.24) is 19.7 Å². The lowest BCUT2D eigenvalue weighted by Gasteiger charge is -2.29. The van der Waals surface area contributed by atoms with Gasteiger partial charge in [0.15, 0.2) is 11.6 Å². The number of halogens is 2. The number of benzene rings is 3. The fourth-order valence-corrected chi connectivity index (χ4v) is 4.36. The predicted molar refractivity (Wildman–Crippen MR) is 130 cm³/mol. The Kier molecular flexibility index (Phi) is 6.16. The second-order valence-corrected chi connectivity index (χ2v) is 9.18. The predicted octanol–water partition coefficient (Wildman–Crippen LogP) is 5.60. The van der Waals surface area contributed by atoms with E-state index in [4.69, 9.17) is 0 Å². The van der Waals surface area contributed by atoms with Gasteiger partial charge in [-0.3, -0.25) is 4.79 Å². The van der Waals surface area contributed by atoms with Gasteiger partial charge in [0, 0.05) is 24.2 Å². The molecule has 1 amide bonds. The molecule has 0 fully saturated rings. The van der Waals surface area contributed by atoms with Gasteiger partial charge in [-0.15, -0.1) is 5.10 Å². The highest BCUT2D eigenvalue weighted by atomic mass is 19.1. The molecule has 3 aromatic carbocycles. The van der Waals surface area contributed by atoms with Crippen LogP contribution in [0.2, 0.25) is 0 Å². The number of nitrogens with zero attached hydrogens (tertiary/aromatic N) is 4. The zero-order valence-corrected chi connectivity index (χ0v) is 19.7. The molecule has 0 spiro atoms. The highest BCUT2D eigenvalue weighted by Gasteiger charge is 2.24. The lowest BCUT2D eigenvalue weighted by Crippen LogP contribution is -2.38. The van der Waals surface area contributed by atoms with Crippen molar-refractivity contribution in [3.05, 3.63) is 95.1 Å². The minimum absolute atomic E-state index is 0.000313. The zero-order valence-electron chi connectivity index (χ0n) is 19.7. The van der Waals surface area contributed by atoms with Gasteiger partial charge in [-0.2, -0.15) is 0 Å². The van der Waals surface area contributed by atoms with Crippen LogP contribution in [0.25, 0.3) is 22.8 Å². The average Bonchev–Trinajstić information content (AvgIpc) is 3.27. The van der Waals surface area contributed by atoms with E-state index < -0.39 is 0 Å². The van der Waals surface area contributed by atoms with Crippen molar-refractivity contribution in [3.8, 4) is 22.8 Å². The van der Waals surface area contributed by atoms with Crippen LogP contribution < -0.4 is 0 Å². The Bertz CT molecular complexity index is 1360. The van der Waals surface area contributed by atoms with E-state index >= 15 is 0 Å². The monoisotopic (exact) mass is 472 g/mol. The Balaban J connectivity index is 1.42. The van der Waals surface area contributed by atoms with Crippen LogP contribution in [-0.2, 0) is 24.3 Å². The van der Waals surface area contributed by atoms with E-state index in [2.05, 4.69) is 42.1 Å². The van der Waals surface area contributed by atoms with E-state index in [0.29, 0.717) is 41.8 Å². The molecule has 2 heterocycles. The van der Waals surface area contributed by atoms with Gasteiger partial charge in [0.2, 0.25) is 5.91 Å². The molecule has 0 unspecified atom stereocenters. The maximum absolute atomic E-state index is 13.5. The zero-order chi connectivity index (χ0) is 24.5. The SMILES string of the molecule is CC(C)c1ccc2c(c1)CCN(C(=O)Cn1nc(-c3ccc(F)cc3)nc1-c1ccc(F)cc1)C2. The van der Waals surface area contributed by atoms with Gasteiger partial charge in [0.05, 0.1) is 0 Å². The molecule has 1 aromatic heterocycles. The Morgan fingerprint density at radius 3 is 2.23 bits per heavy atom. The summed E-state index contributed by atoms with van der Waals surface area (Å²) in [7, 11) is 0. The molecule has 1 aliphatic heterocycles. The molecule has 5 nitrogen and oxygen atoms in total. The number of aromatic nitrogens is 3. The van der Waals surface area contributed by atoms with E-state index in [1.54, 1.807) is 28.9 Å². The number of fused-ring (bicyclic) bond motifs is 1.